The Bertz CT molecular complexity index is 271. The molecule has 0 saturated heterocycles. The van der Waals surface area contributed by atoms with Crippen LogP contribution >= 0.6 is 0 Å². The van der Waals surface area contributed by atoms with Crippen molar-refractivity contribution in [3.63, 3.8) is 0 Å². The Labute approximate surface area is 81.8 Å². The zero-order valence-electron chi connectivity index (χ0n) is 7.24. The third kappa shape index (κ3) is 2.57. The molecule has 1 nitrogen and oxygen atoms in total. The van der Waals surface area contributed by atoms with Gasteiger partial charge in [0.2, 0.25) is 0 Å². The first-order valence-corrected chi connectivity index (χ1v) is 5.83. The Morgan fingerprint density at radius 2 is 2.00 bits per heavy atom. The molecule has 0 spiro atoms. The minimum Gasteiger partial charge on any atom is -0.382 e. The monoisotopic (exact) mass is 199 g/mol. The van der Waals surface area contributed by atoms with Crippen LogP contribution in [0.25, 0.3) is 0 Å². The van der Waals surface area contributed by atoms with Crippen LogP contribution < -0.4 is 5.32 Å². The molecule has 0 unspecified atom stereocenters. The van der Waals surface area contributed by atoms with Crippen molar-refractivity contribution in [2.75, 3.05) is 5.32 Å². The average molecular weight is 199 g/mol. The third-order valence-electron chi connectivity index (χ3n) is 1.45. The smallest absolute Gasteiger partial charge is 0.0480 e. The van der Waals surface area contributed by atoms with Crippen molar-refractivity contribution in [1.82, 2.24) is 0 Å². The maximum Gasteiger partial charge on any atom is 0.0480 e. The number of nitrogens with one attached hydrogen (secondary N) is 1. The normalized spacial score (nSPS) is 10.2. The van der Waals surface area contributed by atoms with Gasteiger partial charge in [0.05, 0.1) is 0 Å². The van der Waals surface area contributed by atoms with Crippen LogP contribution in [0, 0.1) is 0 Å². The maximum atomic E-state index is 4.99. The van der Waals surface area contributed by atoms with E-state index in [2.05, 4.69) is 31.3 Å². The zero-order chi connectivity index (χ0) is 8.97. The minimum atomic E-state index is 0.461. The predicted molar refractivity (Wildman–Crippen MR) is 59.6 cm³/mol. The summed E-state index contributed by atoms with van der Waals surface area (Å²) in [7, 11) is 0.904. The summed E-state index contributed by atoms with van der Waals surface area (Å²) < 4.78 is 0. The van der Waals surface area contributed by atoms with Gasteiger partial charge < -0.3 is 5.32 Å². The van der Waals surface area contributed by atoms with Crippen molar-refractivity contribution >= 4 is 27.2 Å². The lowest BCUT2D eigenvalue weighted by atomic mass is 10.3. The number of anilines is 1. The van der Waals surface area contributed by atoms with E-state index >= 15 is 0 Å². The van der Waals surface area contributed by atoms with E-state index in [9.17, 15) is 0 Å². The molecule has 0 fully saturated rings. The summed E-state index contributed by atoms with van der Waals surface area (Å²) in [6, 6.07) is 8.62. The van der Waals surface area contributed by atoms with Gasteiger partial charge in [-0.3, -0.25) is 0 Å². The van der Waals surface area contributed by atoms with E-state index in [1.165, 1.54) is 4.90 Å². The van der Waals surface area contributed by atoms with Crippen molar-refractivity contribution in [2.45, 2.75) is 24.8 Å². The van der Waals surface area contributed by atoms with Crippen molar-refractivity contribution < 1.29 is 0 Å². The van der Waals surface area contributed by atoms with Gasteiger partial charge >= 0.3 is 0 Å². The highest BCUT2D eigenvalue weighted by Gasteiger charge is 1.98. The largest absolute Gasteiger partial charge is 0.382 e. The molecule has 0 aliphatic rings. The van der Waals surface area contributed by atoms with E-state index in [1.807, 2.05) is 12.1 Å². The molecule has 0 aliphatic carbocycles. The highest BCUT2D eigenvalue weighted by molar-refractivity contribution is 8.18. The Morgan fingerprint density at radius 3 is 2.58 bits per heavy atom. The van der Waals surface area contributed by atoms with Gasteiger partial charge in [-0.2, -0.15) is 0 Å². The lowest BCUT2D eigenvalue weighted by Crippen LogP contribution is -2.10. The lowest BCUT2D eigenvalue weighted by Gasteiger charge is -2.11. The molecular formula is C9H13NS2. The number of thiol groups is 1. The van der Waals surface area contributed by atoms with Crippen LogP contribution in [0.2, 0.25) is 0 Å². The predicted octanol–water partition coefficient (Wildman–Crippen LogP) is 2.14. The van der Waals surface area contributed by atoms with Crippen LogP contribution in [-0.2, 0) is 21.5 Å². The van der Waals surface area contributed by atoms with E-state index in [1.54, 1.807) is 0 Å². The Hall–Kier alpha value is -0.410. The third-order valence-corrected chi connectivity index (χ3v) is 2.62. The summed E-state index contributed by atoms with van der Waals surface area (Å²) in [6.07, 6.45) is 0. The quantitative estimate of drug-likeness (QED) is 0.723. The van der Waals surface area contributed by atoms with Gasteiger partial charge in [-0.15, -0.1) is 10.3 Å². The van der Waals surface area contributed by atoms with Crippen LogP contribution in [0.3, 0.4) is 0 Å². The molecule has 1 aromatic carbocycles. The van der Waals surface area contributed by atoms with Gasteiger partial charge in [-0.25, -0.2) is 0 Å². The van der Waals surface area contributed by atoms with Crippen LogP contribution in [-0.4, -0.2) is 6.04 Å². The highest BCUT2D eigenvalue weighted by Crippen LogP contribution is 2.15. The second-order valence-corrected chi connectivity index (χ2v) is 4.12. The topological polar surface area (TPSA) is 12.0 Å². The molecular weight excluding hydrogens is 186 g/mol. The summed E-state index contributed by atoms with van der Waals surface area (Å²) in [6.45, 7) is 4.24. The van der Waals surface area contributed by atoms with Gasteiger partial charge in [-0.05, 0) is 37.2 Å². The molecule has 0 aliphatic heterocycles. The van der Waals surface area contributed by atoms with Crippen LogP contribution in [0.1, 0.15) is 13.8 Å². The molecule has 0 bridgehead atoms. The number of benzene rings is 1. The highest BCUT2D eigenvalue weighted by atomic mass is 32.8. The van der Waals surface area contributed by atoms with Crippen molar-refractivity contribution in [1.29, 1.82) is 0 Å². The Morgan fingerprint density at radius 1 is 1.33 bits per heavy atom. The van der Waals surface area contributed by atoms with E-state index < -0.39 is 0 Å². The van der Waals surface area contributed by atoms with Gasteiger partial charge in [0.15, 0.2) is 0 Å². The number of hydrogen-bond acceptors (Lipinski definition) is 2. The summed E-state index contributed by atoms with van der Waals surface area (Å²) in [4.78, 5) is 1.18. The molecule has 0 atom stereocenters. The zero-order valence-corrected chi connectivity index (χ0v) is 8.95. The fourth-order valence-electron chi connectivity index (χ4n) is 0.986. The van der Waals surface area contributed by atoms with Crippen LogP contribution in [0.5, 0.6) is 0 Å². The molecule has 0 aromatic heterocycles. The first-order chi connectivity index (χ1) is 5.74. The van der Waals surface area contributed by atoms with E-state index in [4.69, 9.17) is 11.2 Å². The molecule has 1 rings (SSSR count). The summed E-state index contributed by atoms with van der Waals surface area (Å²) >= 11 is 4.99. The van der Waals surface area contributed by atoms with Crippen LogP contribution in [0.4, 0.5) is 5.69 Å². The molecule has 66 valence electrons. The van der Waals surface area contributed by atoms with Gasteiger partial charge in [0, 0.05) is 16.6 Å². The lowest BCUT2D eigenvalue weighted by molar-refractivity contribution is 0.894. The van der Waals surface area contributed by atoms with E-state index in [0.717, 1.165) is 16.0 Å². The number of para-hydroxylation sites is 1. The number of hydrogen-bond donors (Lipinski definition) is 2. The summed E-state index contributed by atoms with van der Waals surface area (Å²) in [5.74, 6) is 0. The van der Waals surface area contributed by atoms with E-state index in [0.29, 0.717) is 6.04 Å². The summed E-state index contributed by atoms with van der Waals surface area (Å²) in [5.41, 5.74) is 1.16. The second kappa shape index (κ2) is 4.58. The number of rotatable bonds is 3. The van der Waals surface area contributed by atoms with Gasteiger partial charge in [-0.1, -0.05) is 12.1 Å². The fraction of sp³-hybridized carbons (Fsp3) is 0.333. The fourth-order valence-corrected chi connectivity index (χ4v) is 1.85. The first kappa shape index (κ1) is 9.68. The van der Waals surface area contributed by atoms with Crippen LogP contribution in [0.15, 0.2) is 29.2 Å². The van der Waals surface area contributed by atoms with E-state index in [-0.39, 0.29) is 0 Å². The van der Waals surface area contributed by atoms with Crippen molar-refractivity contribution in [3.8, 4) is 0 Å². The molecule has 3 heteroatoms. The van der Waals surface area contributed by atoms with Crippen molar-refractivity contribution in [2.24, 2.45) is 0 Å². The van der Waals surface area contributed by atoms with Crippen molar-refractivity contribution in [3.05, 3.63) is 24.3 Å². The molecule has 0 saturated carbocycles. The maximum absolute atomic E-state index is 4.99. The minimum absolute atomic E-state index is 0.461. The Kier molecular flexibility index (Phi) is 3.69. The second-order valence-electron chi connectivity index (χ2n) is 2.91. The van der Waals surface area contributed by atoms with Gasteiger partial charge in [0.25, 0.3) is 0 Å². The molecule has 1 aromatic rings. The molecule has 1 N–H and O–H groups in total. The molecule has 12 heavy (non-hydrogen) atoms. The first-order valence-electron chi connectivity index (χ1n) is 3.93. The summed E-state index contributed by atoms with van der Waals surface area (Å²) in [5, 5.41) is 3.35. The average Bonchev–Trinajstić information content (AvgIpc) is 2.04. The molecule has 0 radical (unpaired) electrons. The Balaban J connectivity index is 2.89. The standard InChI is InChI=1S/C9H13NS2/c1-7(2)10-8-5-3-4-6-9(8)12-11/h3-7,10,12H,1-2H3. The molecule has 0 heterocycles. The SMILES string of the molecule is CC(C)Nc1ccccc1[SH]=S. The molecule has 0 amide bonds. The van der Waals surface area contributed by atoms with Gasteiger partial charge in [0.1, 0.15) is 0 Å².